The Morgan fingerprint density at radius 2 is 2.07 bits per heavy atom. The number of piperidine rings is 1. The third-order valence-electron chi connectivity index (χ3n) is 7.08. The van der Waals surface area contributed by atoms with Gasteiger partial charge in [0.25, 0.3) is 0 Å². The van der Waals surface area contributed by atoms with E-state index in [1.165, 1.54) is 23.2 Å². The molecule has 3 aliphatic rings. The van der Waals surface area contributed by atoms with Crippen LogP contribution in [0.5, 0.6) is 5.88 Å². The number of carbonyl (C=O) groups excluding carboxylic acids is 1. The van der Waals surface area contributed by atoms with E-state index in [2.05, 4.69) is 30.2 Å². The Hall–Kier alpha value is -4.04. The minimum absolute atomic E-state index is 0.0309. The van der Waals surface area contributed by atoms with Gasteiger partial charge in [0, 0.05) is 30.9 Å². The van der Waals surface area contributed by atoms with Gasteiger partial charge in [0.1, 0.15) is 12.7 Å². The number of benzene rings is 1. The number of hydrogen-bond acceptors (Lipinski definition) is 9. The summed E-state index contributed by atoms with van der Waals surface area (Å²) in [6.07, 6.45) is -0.160. The molecule has 0 saturated carbocycles. The lowest BCUT2D eigenvalue weighted by Crippen LogP contribution is -2.56. The van der Waals surface area contributed by atoms with Gasteiger partial charge in [-0.15, -0.1) is 0 Å². The van der Waals surface area contributed by atoms with Gasteiger partial charge in [0.2, 0.25) is 11.8 Å². The topological polar surface area (TPSA) is 115 Å². The number of alkyl halides is 3. The first-order chi connectivity index (χ1) is 19.6. The van der Waals surface area contributed by atoms with Crippen molar-refractivity contribution in [2.75, 3.05) is 41.4 Å². The molecule has 2 atom stereocenters. The summed E-state index contributed by atoms with van der Waals surface area (Å²) >= 11 is 0. The first kappa shape index (κ1) is 27.1. The van der Waals surface area contributed by atoms with Gasteiger partial charge < -0.3 is 19.1 Å². The smallest absolute Gasteiger partial charge is 0.416 e. The maximum atomic E-state index is 13.6. The van der Waals surface area contributed by atoms with Gasteiger partial charge in [-0.1, -0.05) is 12.1 Å². The van der Waals surface area contributed by atoms with Crippen LogP contribution in [0.3, 0.4) is 0 Å². The number of nitrogens with one attached hydrogen (secondary N) is 1. The zero-order valence-electron chi connectivity index (χ0n) is 22.4. The Balaban J connectivity index is 1.24. The molecule has 1 aromatic carbocycles. The maximum Gasteiger partial charge on any atom is 0.416 e. The number of fused-ring (bicyclic) bond motifs is 4. The van der Waals surface area contributed by atoms with Crippen LogP contribution in [0.25, 0.3) is 11.4 Å². The number of anilines is 3. The fraction of sp³-hybridized carbons (Fsp3) is 0.444. The fourth-order valence-corrected chi connectivity index (χ4v) is 5.22. The summed E-state index contributed by atoms with van der Waals surface area (Å²) in [6, 6.07) is 5.66. The number of amides is 2. The normalized spacial score (nSPS) is 21.4. The lowest BCUT2D eigenvalue weighted by Gasteiger charge is -2.45. The van der Waals surface area contributed by atoms with Crippen LogP contribution in [-0.4, -0.2) is 70.2 Å². The second-order valence-corrected chi connectivity index (χ2v) is 10.5. The summed E-state index contributed by atoms with van der Waals surface area (Å²) in [6.45, 7) is 5.59. The molecule has 6 rings (SSSR count). The van der Waals surface area contributed by atoms with Crippen molar-refractivity contribution < 1.29 is 32.2 Å². The van der Waals surface area contributed by atoms with Crippen molar-refractivity contribution in [2.45, 2.75) is 50.8 Å². The molecule has 11 nitrogen and oxygen atoms in total. The van der Waals surface area contributed by atoms with Gasteiger partial charge in [0.15, 0.2) is 17.4 Å². The van der Waals surface area contributed by atoms with Crippen LogP contribution >= 0.6 is 0 Å². The van der Waals surface area contributed by atoms with Gasteiger partial charge in [-0.2, -0.15) is 18.2 Å². The minimum atomic E-state index is -4.51. The van der Waals surface area contributed by atoms with Crippen molar-refractivity contribution in [3.05, 3.63) is 48.3 Å². The highest BCUT2D eigenvalue weighted by atomic mass is 19.4. The average Bonchev–Trinajstić information content (AvgIpc) is 3.30. The predicted octanol–water partition coefficient (Wildman–Crippen LogP) is 4.50. The third-order valence-corrected chi connectivity index (χ3v) is 7.08. The van der Waals surface area contributed by atoms with E-state index < -0.39 is 23.6 Å². The highest BCUT2D eigenvalue weighted by Crippen LogP contribution is 2.39. The zero-order valence-corrected chi connectivity index (χ0v) is 22.4. The number of aromatic nitrogens is 4. The Kier molecular flexibility index (Phi) is 6.90. The molecule has 0 radical (unpaired) electrons. The molecule has 2 saturated heterocycles. The van der Waals surface area contributed by atoms with Gasteiger partial charge in [-0.3, -0.25) is 10.2 Å². The molecule has 41 heavy (non-hydrogen) atoms. The molecular formula is C27H28F3N7O4. The van der Waals surface area contributed by atoms with Gasteiger partial charge >= 0.3 is 12.2 Å². The number of halogens is 3. The summed E-state index contributed by atoms with van der Waals surface area (Å²) in [5, 5.41) is 2.73. The molecule has 2 amide bonds. The van der Waals surface area contributed by atoms with Gasteiger partial charge in [-0.25, -0.2) is 19.7 Å². The van der Waals surface area contributed by atoms with Crippen molar-refractivity contribution in [1.82, 2.24) is 19.9 Å². The Morgan fingerprint density at radius 3 is 2.85 bits per heavy atom. The summed E-state index contributed by atoms with van der Waals surface area (Å²) in [5.41, 5.74) is 0.0231. The standard InChI is InChI=1S/C27H28F3N7O4/c1-26(2)40-15-19(41-26)14-39-21-8-9-31-24(33-21)35-25(38)37-18-7-4-10-36(13-18)20-12-32-22(34-23(20)37)16-5-3-6-17(11-16)27(28,29)30/h3,5-6,8-9,11-12,18-19H,4,7,10,13-15H2,1-2H3,(H,31,33,35,38)/t18-,19?/m0/s1. The molecule has 5 heterocycles. The molecule has 1 N–H and O–H groups in total. The van der Waals surface area contributed by atoms with Crippen LogP contribution in [0.2, 0.25) is 0 Å². The summed E-state index contributed by atoms with van der Waals surface area (Å²) in [4.78, 5) is 34.6. The zero-order chi connectivity index (χ0) is 28.8. The van der Waals surface area contributed by atoms with Crippen molar-refractivity contribution in [3.8, 4) is 17.3 Å². The lowest BCUT2D eigenvalue weighted by atomic mass is 10.0. The molecule has 2 bridgehead atoms. The predicted molar refractivity (Wildman–Crippen MR) is 142 cm³/mol. The third kappa shape index (κ3) is 5.75. The largest absolute Gasteiger partial charge is 0.475 e. The van der Waals surface area contributed by atoms with Crippen LogP contribution in [0.1, 0.15) is 32.3 Å². The Bertz CT molecular complexity index is 1450. The van der Waals surface area contributed by atoms with E-state index >= 15 is 0 Å². The molecule has 3 aliphatic heterocycles. The van der Waals surface area contributed by atoms with Crippen LogP contribution in [0.15, 0.2) is 42.7 Å². The minimum Gasteiger partial charge on any atom is -0.475 e. The van der Waals surface area contributed by atoms with Crippen molar-refractivity contribution in [1.29, 1.82) is 0 Å². The van der Waals surface area contributed by atoms with Crippen LogP contribution in [0, 0.1) is 0 Å². The number of rotatable bonds is 5. The van der Waals surface area contributed by atoms with Crippen LogP contribution in [0.4, 0.5) is 35.4 Å². The van der Waals surface area contributed by atoms with Gasteiger partial charge in [0.05, 0.1) is 30.1 Å². The van der Waals surface area contributed by atoms with Crippen LogP contribution in [-0.2, 0) is 15.7 Å². The molecule has 2 fully saturated rings. The van der Waals surface area contributed by atoms with E-state index in [1.54, 1.807) is 12.3 Å². The number of hydrogen-bond donors (Lipinski definition) is 1. The lowest BCUT2D eigenvalue weighted by molar-refractivity contribution is -0.141. The second kappa shape index (κ2) is 10.4. The van der Waals surface area contributed by atoms with Crippen molar-refractivity contribution >= 4 is 23.5 Å². The van der Waals surface area contributed by atoms with E-state index in [-0.39, 0.29) is 42.0 Å². The molecule has 1 unspecified atom stereocenters. The van der Waals surface area contributed by atoms with Crippen molar-refractivity contribution in [2.24, 2.45) is 0 Å². The highest BCUT2D eigenvalue weighted by Gasteiger charge is 2.39. The molecule has 14 heteroatoms. The van der Waals surface area contributed by atoms with E-state index in [0.29, 0.717) is 24.7 Å². The second-order valence-electron chi connectivity index (χ2n) is 10.5. The average molecular weight is 572 g/mol. The number of carbonyl (C=O) groups is 1. The number of urea groups is 1. The molecule has 0 spiro atoms. The fourth-order valence-electron chi connectivity index (χ4n) is 5.22. The summed E-state index contributed by atoms with van der Waals surface area (Å²) in [5.74, 6) is 0.00283. The molecule has 2 aromatic heterocycles. The summed E-state index contributed by atoms with van der Waals surface area (Å²) in [7, 11) is 0. The molecule has 216 valence electrons. The Morgan fingerprint density at radius 1 is 1.22 bits per heavy atom. The van der Waals surface area contributed by atoms with E-state index in [0.717, 1.165) is 31.5 Å². The first-order valence-electron chi connectivity index (χ1n) is 13.2. The first-order valence-corrected chi connectivity index (χ1v) is 13.2. The molecular weight excluding hydrogens is 543 g/mol. The number of ether oxygens (including phenoxy) is 3. The number of nitrogens with zero attached hydrogens (tertiary/aromatic N) is 6. The Labute approximate surface area is 233 Å². The molecule has 0 aliphatic carbocycles. The summed E-state index contributed by atoms with van der Waals surface area (Å²) < 4.78 is 57.0. The highest BCUT2D eigenvalue weighted by molar-refractivity contribution is 6.03. The van der Waals surface area contributed by atoms with Gasteiger partial charge in [-0.05, 0) is 38.8 Å². The maximum absolute atomic E-state index is 13.6. The molecule has 3 aromatic rings. The van der Waals surface area contributed by atoms with E-state index in [9.17, 15) is 18.0 Å². The van der Waals surface area contributed by atoms with Crippen molar-refractivity contribution in [3.63, 3.8) is 0 Å². The quantitative estimate of drug-likeness (QED) is 0.473. The van der Waals surface area contributed by atoms with Crippen LogP contribution < -0.4 is 19.9 Å². The SMILES string of the molecule is CC1(C)OCC(COc2ccnc(NC(=O)N3c4nc(-c5cccc(C(F)(F)F)c5)ncc4N4CCC[C@H]3C4)n2)O1. The van der Waals surface area contributed by atoms with E-state index in [1.807, 2.05) is 13.8 Å². The monoisotopic (exact) mass is 571 g/mol. The van der Waals surface area contributed by atoms with E-state index in [4.69, 9.17) is 14.2 Å².